The maximum Gasteiger partial charge on any atom is 0.191 e. The Hall–Kier alpha value is -1.81. The smallest absolute Gasteiger partial charge is 0.191 e. The predicted molar refractivity (Wildman–Crippen MR) is 94.7 cm³/mol. The summed E-state index contributed by atoms with van der Waals surface area (Å²) in [7, 11) is 0. The molecule has 0 spiro atoms. The molecule has 3 aromatic rings. The molecule has 0 saturated carbocycles. The van der Waals surface area contributed by atoms with Crippen molar-refractivity contribution in [3.8, 4) is 16.8 Å². The van der Waals surface area contributed by atoms with Crippen molar-refractivity contribution in [2.24, 2.45) is 0 Å². The second kappa shape index (κ2) is 7.18. The third-order valence-electron chi connectivity index (χ3n) is 3.28. The van der Waals surface area contributed by atoms with E-state index in [-0.39, 0.29) is 0 Å². The Morgan fingerprint density at radius 3 is 2.61 bits per heavy atom. The Morgan fingerprint density at radius 1 is 1.22 bits per heavy atom. The first-order valence-corrected chi connectivity index (χ1v) is 9.20. The monoisotopic (exact) mass is 360 g/mol. The van der Waals surface area contributed by atoms with Gasteiger partial charge in [-0.05, 0) is 36.8 Å². The topological polar surface area (TPSA) is 54.5 Å². The Morgan fingerprint density at radius 2 is 2.00 bits per heavy atom. The van der Waals surface area contributed by atoms with E-state index in [4.69, 9.17) is 16.9 Å². The van der Waals surface area contributed by atoms with Crippen molar-refractivity contribution in [3.05, 3.63) is 51.9 Å². The number of thioether (sulfide) groups is 1. The van der Waals surface area contributed by atoms with E-state index in [0.717, 1.165) is 38.1 Å². The fraction of sp³-hybridized carbons (Fsp3) is 0.188. The molecule has 0 amide bonds. The van der Waals surface area contributed by atoms with Gasteiger partial charge in [-0.3, -0.25) is 0 Å². The Kier molecular flexibility index (Phi) is 5.01. The summed E-state index contributed by atoms with van der Waals surface area (Å²) in [5, 5.41) is 18.3. The van der Waals surface area contributed by atoms with Gasteiger partial charge >= 0.3 is 0 Å². The van der Waals surface area contributed by atoms with E-state index in [1.807, 2.05) is 36.4 Å². The summed E-state index contributed by atoms with van der Waals surface area (Å²) in [4.78, 5) is 1.02. The highest BCUT2D eigenvalue weighted by atomic mass is 35.5. The fourth-order valence-electron chi connectivity index (χ4n) is 2.12. The molecule has 0 fully saturated rings. The molecule has 0 atom stereocenters. The van der Waals surface area contributed by atoms with Gasteiger partial charge in [-0.2, -0.15) is 5.26 Å². The number of hydrogen-bond donors (Lipinski definition) is 0. The lowest BCUT2D eigenvalue weighted by Gasteiger charge is -2.06. The molecule has 2 heterocycles. The highest BCUT2D eigenvalue weighted by Gasteiger charge is 2.14. The number of nitrogens with zero attached hydrogens (tertiary/aromatic N) is 4. The Bertz CT molecular complexity index is 846. The number of thiophene rings is 1. The van der Waals surface area contributed by atoms with Gasteiger partial charge in [-0.1, -0.05) is 35.5 Å². The normalized spacial score (nSPS) is 10.7. The van der Waals surface area contributed by atoms with Gasteiger partial charge in [0.15, 0.2) is 11.0 Å². The van der Waals surface area contributed by atoms with E-state index in [2.05, 4.69) is 27.8 Å². The lowest BCUT2D eigenvalue weighted by atomic mass is 10.2. The largest absolute Gasteiger partial charge is 0.302 e. The zero-order valence-corrected chi connectivity index (χ0v) is 14.8. The maximum absolute atomic E-state index is 8.83. The van der Waals surface area contributed by atoms with Crippen LogP contribution in [0.4, 0.5) is 0 Å². The summed E-state index contributed by atoms with van der Waals surface area (Å²) >= 11 is 9.15. The van der Waals surface area contributed by atoms with Gasteiger partial charge in [0.1, 0.15) is 0 Å². The van der Waals surface area contributed by atoms with Gasteiger partial charge in [0, 0.05) is 12.3 Å². The quantitative estimate of drug-likeness (QED) is 0.610. The number of aromatic nitrogens is 3. The van der Waals surface area contributed by atoms with Crippen molar-refractivity contribution in [2.45, 2.75) is 24.4 Å². The maximum atomic E-state index is 8.83. The average Bonchev–Trinajstić information content (AvgIpc) is 3.18. The number of halogens is 1. The van der Waals surface area contributed by atoms with Gasteiger partial charge in [0.05, 0.1) is 20.8 Å². The molecule has 0 aliphatic rings. The Balaban J connectivity index is 1.78. The standard InChI is InChI=1S/C16H13ClN4S2/c1-2-21-15(13-7-8-14(17)23-13)19-20-16(21)22-10-12-5-3-11(9-18)4-6-12/h3-8H,2,10H2,1H3. The first kappa shape index (κ1) is 16.1. The van der Waals surface area contributed by atoms with Crippen molar-refractivity contribution >= 4 is 34.7 Å². The SMILES string of the molecule is CCn1c(SCc2ccc(C#N)cc2)nnc1-c1ccc(Cl)s1. The molecule has 1 aromatic carbocycles. The van der Waals surface area contributed by atoms with Gasteiger partial charge < -0.3 is 4.57 Å². The van der Waals surface area contributed by atoms with Crippen LogP contribution in [0.1, 0.15) is 18.1 Å². The number of hydrogen-bond acceptors (Lipinski definition) is 5. The molecular formula is C16H13ClN4S2. The summed E-state index contributed by atoms with van der Waals surface area (Å²) in [5.41, 5.74) is 1.83. The molecule has 23 heavy (non-hydrogen) atoms. The molecule has 0 aliphatic carbocycles. The summed E-state index contributed by atoms with van der Waals surface area (Å²) in [6, 6.07) is 13.6. The lowest BCUT2D eigenvalue weighted by Crippen LogP contribution is -1.99. The average molecular weight is 361 g/mol. The van der Waals surface area contributed by atoms with Crippen LogP contribution in [0.3, 0.4) is 0 Å². The summed E-state index contributed by atoms with van der Waals surface area (Å²) in [6.45, 7) is 2.88. The van der Waals surface area contributed by atoms with Gasteiger partial charge in [-0.25, -0.2) is 0 Å². The van der Waals surface area contributed by atoms with E-state index in [1.165, 1.54) is 11.3 Å². The van der Waals surface area contributed by atoms with E-state index in [0.29, 0.717) is 5.56 Å². The van der Waals surface area contributed by atoms with Crippen LogP contribution in [-0.4, -0.2) is 14.8 Å². The van der Waals surface area contributed by atoms with Crippen molar-refractivity contribution < 1.29 is 0 Å². The second-order valence-corrected chi connectivity index (χ2v) is 7.41. The van der Waals surface area contributed by atoms with Gasteiger partial charge in [-0.15, -0.1) is 21.5 Å². The highest BCUT2D eigenvalue weighted by molar-refractivity contribution is 7.98. The van der Waals surface area contributed by atoms with Crippen LogP contribution < -0.4 is 0 Å². The van der Waals surface area contributed by atoms with E-state index in [9.17, 15) is 0 Å². The van der Waals surface area contributed by atoms with Crippen LogP contribution in [0, 0.1) is 11.3 Å². The van der Waals surface area contributed by atoms with E-state index < -0.39 is 0 Å². The highest BCUT2D eigenvalue weighted by Crippen LogP contribution is 2.32. The molecular weight excluding hydrogens is 348 g/mol. The molecule has 2 aromatic heterocycles. The van der Waals surface area contributed by atoms with Gasteiger partial charge in [0.2, 0.25) is 0 Å². The minimum atomic E-state index is 0.673. The molecule has 3 rings (SSSR count). The van der Waals surface area contributed by atoms with Crippen LogP contribution in [0.15, 0.2) is 41.6 Å². The zero-order valence-electron chi connectivity index (χ0n) is 12.4. The van der Waals surface area contributed by atoms with Crippen LogP contribution in [0.5, 0.6) is 0 Å². The molecule has 4 nitrogen and oxygen atoms in total. The molecule has 0 bridgehead atoms. The van der Waals surface area contributed by atoms with Crippen LogP contribution in [0.2, 0.25) is 4.34 Å². The van der Waals surface area contributed by atoms with E-state index >= 15 is 0 Å². The molecule has 0 unspecified atom stereocenters. The third kappa shape index (κ3) is 3.58. The van der Waals surface area contributed by atoms with Crippen LogP contribution in [0.25, 0.3) is 10.7 Å². The van der Waals surface area contributed by atoms with Crippen molar-refractivity contribution in [1.82, 2.24) is 14.8 Å². The predicted octanol–water partition coefficient (Wildman–Crippen LogP) is 4.84. The van der Waals surface area contributed by atoms with Crippen molar-refractivity contribution in [3.63, 3.8) is 0 Å². The molecule has 0 N–H and O–H groups in total. The molecule has 7 heteroatoms. The molecule has 116 valence electrons. The van der Waals surface area contributed by atoms with Crippen molar-refractivity contribution in [2.75, 3.05) is 0 Å². The minimum absolute atomic E-state index is 0.673. The second-order valence-electron chi connectivity index (χ2n) is 4.75. The summed E-state index contributed by atoms with van der Waals surface area (Å²) in [5.74, 6) is 1.64. The number of nitriles is 1. The Labute approximate surface area is 147 Å². The number of benzene rings is 1. The fourth-order valence-corrected chi connectivity index (χ4v) is 4.12. The summed E-state index contributed by atoms with van der Waals surface area (Å²) < 4.78 is 2.84. The van der Waals surface area contributed by atoms with E-state index in [1.54, 1.807) is 11.8 Å². The van der Waals surface area contributed by atoms with Crippen LogP contribution >= 0.6 is 34.7 Å². The minimum Gasteiger partial charge on any atom is -0.302 e. The molecule has 0 aliphatic heterocycles. The van der Waals surface area contributed by atoms with Crippen molar-refractivity contribution in [1.29, 1.82) is 5.26 Å². The lowest BCUT2D eigenvalue weighted by molar-refractivity contribution is 0.688. The van der Waals surface area contributed by atoms with Crippen LogP contribution in [-0.2, 0) is 12.3 Å². The molecule has 0 saturated heterocycles. The summed E-state index contributed by atoms with van der Waals surface area (Å²) in [6.07, 6.45) is 0. The zero-order chi connectivity index (χ0) is 16.2. The third-order valence-corrected chi connectivity index (χ3v) is 5.54. The molecule has 0 radical (unpaired) electrons. The first-order chi connectivity index (χ1) is 11.2. The van der Waals surface area contributed by atoms with Gasteiger partial charge in [0.25, 0.3) is 0 Å². The first-order valence-electron chi connectivity index (χ1n) is 7.02. The number of rotatable bonds is 5.